The van der Waals surface area contributed by atoms with E-state index in [2.05, 4.69) is 10.6 Å². The first-order valence-corrected chi connectivity index (χ1v) is 6.46. The van der Waals surface area contributed by atoms with Crippen LogP contribution in [-0.2, 0) is 4.79 Å². The maximum absolute atomic E-state index is 12.2. The Morgan fingerprint density at radius 3 is 2.40 bits per heavy atom. The third-order valence-corrected chi connectivity index (χ3v) is 2.98. The summed E-state index contributed by atoms with van der Waals surface area (Å²) >= 11 is 0. The second kappa shape index (κ2) is 6.41. The van der Waals surface area contributed by atoms with Crippen molar-refractivity contribution in [1.29, 1.82) is 0 Å². The predicted octanol–water partition coefficient (Wildman–Crippen LogP) is 1.59. The number of benzene rings is 1. The molecule has 2 N–H and O–H groups in total. The van der Waals surface area contributed by atoms with Gasteiger partial charge < -0.3 is 15.4 Å². The number of likely N-dealkylation sites (N-methyl/N-ethyl adjacent to an activating group) is 1. The highest BCUT2D eigenvalue weighted by Gasteiger charge is 2.32. The molecule has 0 bridgehead atoms. The standard InChI is InChI=1S/C15H22N2O3/c1-15(2,3)12(14(19)16-4)17-13(18)10-7-6-8-11(9-10)20-5/h6-9,12H,1-5H3,(H,16,19)(H,17,18). The van der Waals surface area contributed by atoms with Crippen LogP contribution in [0, 0.1) is 5.41 Å². The van der Waals surface area contributed by atoms with Crippen LogP contribution >= 0.6 is 0 Å². The summed E-state index contributed by atoms with van der Waals surface area (Å²) in [4.78, 5) is 24.1. The Bertz CT molecular complexity index is 492. The van der Waals surface area contributed by atoms with E-state index < -0.39 is 6.04 Å². The van der Waals surface area contributed by atoms with Gasteiger partial charge in [-0.25, -0.2) is 0 Å². The number of amides is 2. The van der Waals surface area contributed by atoms with Crippen LogP contribution < -0.4 is 15.4 Å². The number of hydrogen-bond donors (Lipinski definition) is 2. The van der Waals surface area contributed by atoms with Crippen molar-refractivity contribution >= 4 is 11.8 Å². The highest BCUT2D eigenvalue weighted by Crippen LogP contribution is 2.20. The average Bonchev–Trinajstić information content (AvgIpc) is 2.42. The lowest BCUT2D eigenvalue weighted by Crippen LogP contribution is -2.52. The molecule has 0 fully saturated rings. The van der Waals surface area contributed by atoms with Crippen molar-refractivity contribution in [2.24, 2.45) is 5.41 Å². The van der Waals surface area contributed by atoms with Crippen LogP contribution in [0.5, 0.6) is 5.75 Å². The molecule has 1 aromatic rings. The van der Waals surface area contributed by atoms with Gasteiger partial charge in [0, 0.05) is 12.6 Å². The Morgan fingerprint density at radius 2 is 1.90 bits per heavy atom. The van der Waals surface area contributed by atoms with Gasteiger partial charge in [-0.05, 0) is 23.6 Å². The van der Waals surface area contributed by atoms with Gasteiger partial charge in [0.1, 0.15) is 11.8 Å². The molecule has 1 atom stereocenters. The molecule has 1 unspecified atom stereocenters. The van der Waals surface area contributed by atoms with Crippen molar-refractivity contribution in [1.82, 2.24) is 10.6 Å². The Balaban J connectivity index is 2.93. The number of carbonyl (C=O) groups excluding carboxylic acids is 2. The molecule has 0 aliphatic heterocycles. The molecule has 0 aromatic heterocycles. The number of hydrogen-bond acceptors (Lipinski definition) is 3. The van der Waals surface area contributed by atoms with Crippen molar-refractivity contribution in [3.8, 4) is 5.75 Å². The minimum atomic E-state index is -0.605. The molecule has 20 heavy (non-hydrogen) atoms. The van der Waals surface area contributed by atoms with E-state index in [9.17, 15) is 9.59 Å². The molecule has 0 radical (unpaired) electrons. The van der Waals surface area contributed by atoms with Gasteiger partial charge in [0.2, 0.25) is 5.91 Å². The summed E-state index contributed by atoms with van der Waals surface area (Å²) in [5.74, 6) is 0.0890. The molecule has 0 heterocycles. The van der Waals surface area contributed by atoms with Crippen molar-refractivity contribution in [3.63, 3.8) is 0 Å². The topological polar surface area (TPSA) is 67.4 Å². The second-order valence-corrected chi connectivity index (χ2v) is 5.62. The van der Waals surface area contributed by atoms with Gasteiger partial charge in [0.05, 0.1) is 7.11 Å². The minimum absolute atomic E-state index is 0.214. The van der Waals surface area contributed by atoms with Crippen LogP contribution in [0.4, 0.5) is 0 Å². The lowest BCUT2D eigenvalue weighted by atomic mass is 9.86. The Kier molecular flexibility index (Phi) is 5.13. The van der Waals surface area contributed by atoms with Gasteiger partial charge >= 0.3 is 0 Å². The van der Waals surface area contributed by atoms with Crippen LogP contribution in [0.3, 0.4) is 0 Å². The molecule has 5 heteroatoms. The summed E-state index contributed by atoms with van der Waals surface area (Å²) in [5.41, 5.74) is 0.0803. The highest BCUT2D eigenvalue weighted by molar-refractivity contribution is 5.98. The molecular weight excluding hydrogens is 256 g/mol. The SMILES string of the molecule is CNC(=O)C(NC(=O)c1cccc(OC)c1)C(C)(C)C. The van der Waals surface area contributed by atoms with Gasteiger partial charge in [-0.15, -0.1) is 0 Å². The van der Waals surface area contributed by atoms with E-state index in [0.29, 0.717) is 11.3 Å². The van der Waals surface area contributed by atoms with Gasteiger partial charge in [0.15, 0.2) is 0 Å². The highest BCUT2D eigenvalue weighted by atomic mass is 16.5. The number of ether oxygens (including phenoxy) is 1. The summed E-state index contributed by atoms with van der Waals surface area (Å²) < 4.78 is 5.09. The first-order chi connectivity index (χ1) is 9.29. The summed E-state index contributed by atoms with van der Waals surface area (Å²) in [6, 6.07) is 6.21. The van der Waals surface area contributed by atoms with E-state index in [1.807, 2.05) is 20.8 Å². The van der Waals surface area contributed by atoms with E-state index >= 15 is 0 Å². The van der Waals surface area contributed by atoms with Gasteiger partial charge in [-0.2, -0.15) is 0 Å². The van der Waals surface area contributed by atoms with E-state index in [0.717, 1.165) is 0 Å². The summed E-state index contributed by atoms with van der Waals surface area (Å²) in [6.07, 6.45) is 0. The van der Waals surface area contributed by atoms with Crippen molar-refractivity contribution in [3.05, 3.63) is 29.8 Å². The maximum Gasteiger partial charge on any atom is 0.252 e. The Labute approximate surface area is 119 Å². The average molecular weight is 278 g/mol. The van der Waals surface area contributed by atoms with E-state index in [1.165, 1.54) is 0 Å². The zero-order valence-corrected chi connectivity index (χ0v) is 12.6. The second-order valence-electron chi connectivity index (χ2n) is 5.62. The molecular formula is C15H22N2O3. The maximum atomic E-state index is 12.2. The molecule has 1 aromatic carbocycles. The molecule has 110 valence electrons. The Morgan fingerprint density at radius 1 is 1.25 bits per heavy atom. The largest absolute Gasteiger partial charge is 0.497 e. The van der Waals surface area contributed by atoms with Crippen molar-refractivity contribution in [2.75, 3.05) is 14.2 Å². The zero-order valence-electron chi connectivity index (χ0n) is 12.6. The number of nitrogens with one attached hydrogen (secondary N) is 2. The first-order valence-electron chi connectivity index (χ1n) is 6.46. The van der Waals surface area contributed by atoms with Gasteiger partial charge in [-0.1, -0.05) is 26.8 Å². The summed E-state index contributed by atoms with van der Waals surface area (Å²) in [5, 5.41) is 5.34. The van der Waals surface area contributed by atoms with Crippen LogP contribution in [0.15, 0.2) is 24.3 Å². The Hall–Kier alpha value is -2.04. The van der Waals surface area contributed by atoms with Crippen LogP contribution in [-0.4, -0.2) is 32.0 Å². The van der Waals surface area contributed by atoms with Gasteiger partial charge in [-0.3, -0.25) is 9.59 Å². The van der Waals surface area contributed by atoms with Gasteiger partial charge in [0.25, 0.3) is 5.91 Å². The molecule has 0 spiro atoms. The summed E-state index contributed by atoms with van der Waals surface area (Å²) in [7, 11) is 3.10. The van der Waals surface area contributed by atoms with Crippen molar-refractivity contribution in [2.45, 2.75) is 26.8 Å². The smallest absolute Gasteiger partial charge is 0.252 e. The quantitative estimate of drug-likeness (QED) is 0.879. The first kappa shape index (κ1) is 16.0. The molecule has 1 rings (SSSR count). The number of methoxy groups -OCH3 is 1. The third-order valence-electron chi connectivity index (χ3n) is 2.98. The molecule has 0 aliphatic rings. The van der Waals surface area contributed by atoms with Crippen LogP contribution in [0.2, 0.25) is 0 Å². The molecule has 5 nitrogen and oxygen atoms in total. The lowest BCUT2D eigenvalue weighted by molar-refractivity contribution is -0.124. The molecule has 0 aliphatic carbocycles. The number of rotatable bonds is 4. The lowest BCUT2D eigenvalue weighted by Gasteiger charge is -2.29. The fraction of sp³-hybridized carbons (Fsp3) is 0.467. The minimum Gasteiger partial charge on any atom is -0.497 e. The fourth-order valence-corrected chi connectivity index (χ4v) is 1.80. The summed E-state index contributed by atoms with van der Waals surface area (Å²) in [6.45, 7) is 5.70. The zero-order chi connectivity index (χ0) is 15.3. The fourth-order valence-electron chi connectivity index (χ4n) is 1.80. The third kappa shape index (κ3) is 3.98. The van der Waals surface area contributed by atoms with E-state index in [1.54, 1.807) is 38.4 Å². The molecule has 0 saturated heterocycles. The normalized spacial score (nSPS) is 12.4. The predicted molar refractivity (Wildman–Crippen MR) is 77.8 cm³/mol. The van der Waals surface area contributed by atoms with Crippen LogP contribution in [0.25, 0.3) is 0 Å². The molecule has 0 saturated carbocycles. The van der Waals surface area contributed by atoms with Crippen molar-refractivity contribution < 1.29 is 14.3 Å². The van der Waals surface area contributed by atoms with Crippen LogP contribution in [0.1, 0.15) is 31.1 Å². The monoisotopic (exact) mass is 278 g/mol. The number of carbonyl (C=O) groups is 2. The molecule has 2 amide bonds. The van der Waals surface area contributed by atoms with E-state index in [-0.39, 0.29) is 17.2 Å². The van der Waals surface area contributed by atoms with E-state index in [4.69, 9.17) is 4.74 Å².